The minimum Gasteiger partial charge on any atom is -0.326 e. The lowest BCUT2D eigenvalue weighted by atomic mass is 9.99. The maximum atomic E-state index is 3.69. The highest BCUT2D eigenvalue weighted by molar-refractivity contribution is 8.03. The molecule has 1 atom stereocenters. The summed E-state index contributed by atoms with van der Waals surface area (Å²) >= 11 is 1.77. The number of hydrogen-bond acceptors (Lipinski definition) is 2. The maximum Gasteiger partial charge on any atom is 0.0512 e. The molecule has 2 heteroatoms. The van der Waals surface area contributed by atoms with Gasteiger partial charge in [0.2, 0.25) is 0 Å². The molecule has 0 fully saturated rings. The molecule has 0 spiro atoms. The Morgan fingerprint density at radius 2 is 1.82 bits per heavy atom. The van der Waals surface area contributed by atoms with Crippen LogP contribution in [0.25, 0.3) is 0 Å². The van der Waals surface area contributed by atoms with Crippen LogP contribution < -0.4 is 4.72 Å². The second kappa shape index (κ2) is 7.59. The molecule has 0 saturated heterocycles. The molecule has 22 heavy (non-hydrogen) atoms. The van der Waals surface area contributed by atoms with Gasteiger partial charge in [-0.25, -0.2) is 0 Å². The van der Waals surface area contributed by atoms with Gasteiger partial charge in [-0.3, -0.25) is 0 Å². The second-order valence-corrected chi connectivity index (χ2v) is 7.61. The van der Waals surface area contributed by atoms with Gasteiger partial charge in [-0.1, -0.05) is 38.8 Å². The first-order valence-electron chi connectivity index (χ1n) is 9.04. The molecule has 3 rings (SSSR count). The molecule has 0 bridgehead atoms. The SMILES string of the molecule is CCCCC(C)/C=C/SNc1c2c(cc3c1CCC3)CCC2. The Hall–Kier alpha value is -0.890. The van der Waals surface area contributed by atoms with Crippen LogP contribution in [0.2, 0.25) is 0 Å². The van der Waals surface area contributed by atoms with Crippen LogP contribution in [-0.2, 0) is 25.7 Å². The van der Waals surface area contributed by atoms with Crippen molar-refractivity contribution in [3.05, 3.63) is 39.8 Å². The molecule has 2 aliphatic rings. The molecule has 0 aliphatic heterocycles. The molecule has 0 heterocycles. The first-order valence-corrected chi connectivity index (χ1v) is 9.92. The predicted molar refractivity (Wildman–Crippen MR) is 99.5 cm³/mol. The monoisotopic (exact) mass is 315 g/mol. The van der Waals surface area contributed by atoms with Crippen LogP contribution in [0.3, 0.4) is 0 Å². The summed E-state index contributed by atoms with van der Waals surface area (Å²) in [5.74, 6) is 0.696. The van der Waals surface area contributed by atoms with Gasteiger partial charge in [0.25, 0.3) is 0 Å². The lowest BCUT2D eigenvalue weighted by Crippen LogP contribution is -1.99. The summed E-state index contributed by atoms with van der Waals surface area (Å²) in [6.45, 7) is 4.59. The molecule has 0 aromatic heterocycles. The third-order valence-corrected chi connectivity index (χ3v) is 5.74. The van der Waals surface area contributed by atoms with E-state index in [4.69, 9.17) is 0 Å². The molecular formula is C20H29NS. The molecule has 1 nitrogen and oxygen atoms in total. The molecule has 1 unspecified atom stereocenters. The molecule has 1 aromatic rings. The van der Waals surface area contributed by atoms with E-state index >= 15 is 0 Å². The van der Waals surface area contributed by atoms with Crippen LogP contribution in [0.4, 0.5) is 5.69 Å². The number of unbranched alkanes of at least 4 members (excludes halogenated alkanes) is 1. The molecule has 2 aliphatic carbocycles. The summed E-state index contributed by atoms with van der Waals surface area (Å²) in [5.41, 5.74) is 7.92. The number of aryl methyl sites for hydroxylation is 2. The molecule has 1 N–H and O–H groups in total. The van der Waals surface area contributed by atoms with Gasteiger partial charge >= 0.3 is 0 Å². The zero-order valence-corrected chi connectivity index (χ0v) is 14.9. The van der Waals surface area contributed by atoms with E-state index in [0.717, 1.165) is 0 Å². The zero-order valence-electron chi connectivity index (χ0n) is 14.1. The van der Waals surface area contributed by atoms with E-state index in [1.54, 1.807) is 34.2 Å². The summed E-state index contributed by atoms with van der Waals surface area (Å²) in [6.07, 6.45) is 14.1. The third-order valence-electron chi connectivity index (χ3n) is 5.12. The maximum absolute atomic E-state index is 3.69. The van der Waals surface area contributed by atoms with E-state index in [1.165, 1.54) is 63.5 Å². The van der Waals surface area contributed by atoms with E-state index < -0.39 is 0 Å². The van der Waals surface area contributed by atoms with E-state index in [9.17, 15) is 0 Å². The molecule has 0 radical (unpaired) electrons. The third kappa shape index (κ3) is 3.53. The lowest BCUT2D eigenvalue weighted by molar-refractivity contribution is 0.599. The van der Waals surface area contributed by atoms with Crippen molar-refractivity contribution >= 4 is 17.6 Å². The largest absolute Gasteiger partial charge is 0.326 e. The number of rotatable bonds is 7. The Kier molecular flexibility index (Phi) is 5.51. The van der Waals surface area contributed by atoms with Crippen molar-refractivity contribution in [3.8, 4) is 0 Å². The van der Waals surface area contributed by atoms with Crippen molar-refractivity contribution in [2.45, 2.75) is 71.6 Å². The zero-order chi connectivity index (χ0) is 15.4. The summed E-state index contributed by atoms with van der Waals surface area (Å²) < 4.78 is 3.69. The number of nitrogens with one attached hydrogen (secondary N) is 1. The average molecular weight is 316 g/mol. The van der Waals surface area contributed by atoms with Gasteiger partial charge in [-0.05, 0) is 90.5 Å². The Labute approximate surface area is 140 Å². The highest BCUT2D eigenvalue weighted by Gasteiger charge is 2.23. The molecule has 0 saturated carbocycles. The first-order chi connectivity index (χ1) is 10.8. The standard InChI is InChI=1S/C20H29NS/c1-3-4-7-15(2)12-13-22-21-20-18-10-5-8-16(18)14-17-9-6-11-19(17)20/h12-15,21H,3-11H2,1-2H3/b13-12+. The Balaban J connectivity index is 1.65. The molecule has 0 amide bonds. The highest BCUT2D eigenvalue weighted by atomic mass is 32.2. The van der Waals surface area contributed by atoms with Gasteiger partial charge in [0.05, 0.1) is 5.69 Å². The van der Waals surface area contributed by atoms with E-state index in [-0.39, 0.29) is 0 Å². The van der Waals surface area contributed by atoms with Crippen molar-refractivity contribution in [1.29, 1.82) is 0 Å². The normalized spacial score (nSPS) is 17.7. The number of anilines is 1. The topological polar surface area (TPSA) is 12.0 Å². The van der Waals surface area contributed by atoms with E-state index in [0.29, 0.717) is 5.92 Å². The fourth-order valence-electron chi connectivity index (χ4n) is 3.83. The van der Waals surface area contributed by atoms with Crippen LogP contribution in [0.15, 0.2) is 17.6 Å². The fourth-order valence-corrected chi connectivity index (χ4v) is 4.61. The van der Waals surface area contributed by atoms with Crippen molar-refractivity contribution in [2.24, 2.45) is 5.92 Å². The van der Waals surface area contributed by atoms with Crippen LogP contribution in [0, 0.1) is 5.92 Å². The van der Waals surface area contributed by atoms with Gasteiger partial charge in [0, 0.05) is 0 Å². The van der Waals surface area contributed by atoms with Crippen molar-refractivity contribution in [3.63, 3.8) is 0 Å². The minimum atomic E-state index is 0.696. The van der Waals surface area contributed by atoms with E-state index in [2.05, 4.69) is 36.1 Å². The van der Waals surface area contributed by atoms with Gasteiger partial charge < -0.3 is 4.72 Å². The summed E-state index contributed by atoms with van der Waals surface area (Å²) in [6, 6.07) is 2.50. The Morgan fingerprint density at radius 3 is 2.45 bits per heavy atom. The Bertz CT molecular complexity index is 515. The minimum absolute atomic E-state index is 0.696. The van der Waals surface area contributed by atoms with Gasteiger partial charge in [-0.2, -0.15) is 0 Å². The predicted octanol–water partition coefficient (Wildman–Crippen LogP) is 6.06. The van der Waals surface area contributed by atoms with Gasteiger partial charge in [-0.15, -0.1) is 0 Å². The smallest absolute Gasteiger partial charge is 0.0512 e. The second-order valence-electron chi connectivity index (χ2n) is 6.90. The van der Waals surface area contributed by atoms with Crippen LogP contribution in [-0.4, -0.2) is 0 Å². The highest BCUT2D eigenvalue weighted by Crippen LogP contribution is 2.39. The number of fused-ring (bicyclic) bond motifs is 2. The molecular weight excluding hydrogens is 286 g/mol. The summed E-state index contributed by atoms with van der Waals surface area (Å²) in [4.78, 5) is 0. The van der Waals surface area contributed by atoms with Crippen LogP contribution in [0.5, 0.6) is 0 Å². The van der Waals surface area contributed by atoms with Crippen LogP contribution >= 0.6 is 11.9 Å². The number of benzene rings is 1. The lowest BCUT2D eigenvalue weighted by Gasteiger charge is -2.15. The average Bonchev–Trinajstić information content (AvgIpc) is 3.16. The van der Waals surface area contributed by atoms with Gasteiger partial charge in [0.15, 0.2) is 0 Å². The fraction of sp³-hybridized carbons (Fsp3) is 0.600. The number of hydrogen-bond donors (Lipinski definition) is 1. The van der Waals surface area contributed by atoms with Crippen molar-refractivity contribution in [1.82, 2.24) is 0 Å². The van der Waals surface area contributed by atoms with Crippen molar-refractivity contribution in [2.75, 3.05) is 4.72 Å². The van der Waals surface area contributed by atoms with E-state index in [1.807, 2.05) is 0 Å². The van der Waals surface area contributed by atoms with Gasteiger partial charge in [0.1, 0.15) is 0 Å². The number of allylic oxidation sites excluding steroid dienone is 1. The molecule has 120 valence electrons. The molecule has 1 aromatic carbocycles. The summed E-state index contributed by atoms with van der Waals surface area (Å²) in [5, 5.41) is 2.26. The first kappa shape index (κ1) is 16.0. The quantitative estimate of drug-likeness (QED) is 0.613. The summed E-state index contributed by atoms with van der Waals surface area (Å²) in [7, 11) is 0. The van der Waals surface area contributed by atoms with Crippen molar-refractivity contribution < 1.29 is 0 Å². The van der Waals surface area contributed by atoms with Crippen LogP contribution in [0.1, 0.15) is 68.2 Å². The Morgan fingerprint density at radius 1 is 1.14 bits per heavy atom.